The average molecular weight is 275 g/mol. The van der Waals surface area contributed by atoms with Crippen LogP contribution in [0.1, 0.15) is 5.56 Å². The van der Waals surface area contributed by atoms with Crippen LogP contribution in [0.4, 0.5) is 10.5 Å². The molecule has 0 unspecified atom stereocenters. The van der Waals surface area contributed by atoms with E-state index in [1.807, 2.05) is 30.3 Å². The van der Waals surface area contributed by atoms with Crippen LogP contribution in [-0.4, -0.2) is 12.3 Å². The Balaban J connectivity index is 1.85. The first-order valence-electron chi connectivity index (χ1n) is 5.56. The first kappa shape index (κ1) is 13.1. The smallest absolute Gasteiger partial charge is 0.298 e. The van der Waals surface area contributed by atoms with Gasteiger partial charge in [0.15, 0.2) is 0 Å². The highest BCUT2D eigenvalue weighted by Crippen LogP contribution is 2.13. The zero-order chi connectivity index (χ0) is 13.5. The fourth-order valence-electron chi connectivity index (χ4n) is 1.35. The number of carbonyl (C=O) groups is 1. The van der Waals surface area contributed by atoms with Crippen molar-refractivity contribution >= 4 is 29.6 Å². The predicted molar refractivity (Wildman–Crippen MR) is 75.6 cm³/mol. The molecule has 0 saturated heterocycles. The van der Waals surface area contributed by atoms with E-state index in [4.69, 9.17) is 11.6 Å². The highest BCUT2D eigenvalue weighted by molar-refractivity contribution is 6.30. The molecule has 2 aromatic carbocycles. The van der Waals surface area contributed by atoms with Crippen molar-refractivity contribution in [3.63, 3.8) is 0 Å². The lowest BCUT2D eigenvalue weighted by Gasteiger charge is -2.02. The van der Waals surface area contributed by atoms with Crippen LogP contribution in [0.25, 0.3) is 0 Å². The molecule has 19 heavy (non-hydrogen) atoms. The van der Waals surface area contributed by atoms with Crippen molar-refractivity contribution in [2.45, 2.75) is 0 Å². The van der Waals surface area contributed by atoms with Crippen molar-refractivity contribution in [2.75, 3.05) is 5.32 Å². The molecule has 0 fully saturated rings. The highest BCUT2D eigenvalue weighted by Gasteiger charge is 2.01. The molecule has 4 nitrogen and oxygen atoms in total. The lowest BCUT2D eigenvalue weighted by molar-refractivity contribution is 0.167. The molecule has 5 heteroatoms. The van der Waals surface area contributed by atoms with Crippen molar-refractivity contribution in [1.82, 2.24) is 0 Å². The topological polar surface area (TPSA) is 50.7 Å². The third kappa shape index (κ3) is 4.44. The summed E-state index contributed by atoms with van der Waals surface area (Å²) in [5.41, 5.74) is 1.44. The number of oxime groups is 1. The molecule has 1 N–H and O–H groups in total. The van der Waals surface area contributed by atoms with Crippen LogP contribution in [0.5, 0.6) is 0 Å². The van der Waals surface area contributed by atoms with Gasteiger partial charge in [-0.25, -0.2) is 4.79 Å². The number of nitrogens with zero attached hydrogens (tertiary/aromatic N) is 1. The van der Waals surface area contributed by atoms with Gasteiger partial charge in [-0.2, -0.15) is 0 Å². The van der Waals surface area contributed by atoms with Gasteiger partial charge in [0.25, 0.3) is 0 Å². The van der Waals surface area contributed by atoms with E-state index in [0.717, 1.165) is 5.56 Å². The van der Waals surface area contributed by atoms with Crippen molar-refractivity contribution in [1.29, 1.82) is 0 Å². The molecule has 0 aliphatic heterocycles. The molecule has 2 rings (SSSR count). The van der Waals surface area contributed by atoms with Crippen molar-refractivity contribution in [3.8, 4) is 0 Å². The molecule has 2 aromatic rings. The summed E-state index contributed by atoms with van der Waals surface area (Å²) in [7, 11) is 0. The fourth-order valence-corrected chi connectivity index (χ4v) is 1.47. The Hall–Kier alpha value is -2.33. The van der Waals surface area contributed by atoms with Crippen molar-refractivity contribution < 1.29 is 9.63 Å². The molecule has 0 spiro atoms. The number of benzene rings is 2. The third-order valence-corrected chi connectivity index (χ3v) is 2.48. The second-order valence-electron chi connectivity index (χ2n) is 3.66. The van der Waals surface area contributed by atoms with Gasteiger partial charge >= 0.3 is 6.09 Å². The Kier molecular flexibility index (Phi) is 4.53. The van der Waals surface area contributed by atoms with Gasteiger partial charge in [-0.1, -0.05) is 47.1 Å². The second kappa shape index (κ2) is 6.56. The molecule has 0 aromatic heterocycles. The quantitative estimate of drug-likeness (QED) is 0.524. The second-order valence-corrected chi connectivity index (χ2v) is 4.09. The van der Waals surface area contributed by atoms with Crippen LogP contribution in [0, 0.1) is 0 Å². The monoisotopic (exact) mass is 274 g/mol. The number of carbonyl (C=O) groups excluding carboxylic acids is 1. The summed E-state index contributed by atoms with van der Waals surface area (Å²) in [6.07, 6.45) is 0.802. The fraction of sp³-hybridized carbons (Fsp3) is 0. The number of halogens is 1. The van der Waals surface area contributed by atoms with Crippen LogP contribution in [0.3, 0.4) is 0 Å². The SMILES string of the molecule is O=C(Nc1ccc(Cl)cc1)O/N=C/c1ccccc1. The Labute approximate surface area is 115 Å². The number of nitrogens with one attached hydrogen (secondary N) is 1. The largest absolute Gasteiger partial charge is 0.437 e. The summed E-state index contributed by atoms with van der Waals surface area (Å²) in [6.45, 7) is 0. The molecule has 0 atom stereocenters. The van der Waals surface area contributed by atoms with E-state index < -0.39 is 6.09 Å². The zero-order valence-electron chi connectivity index (χ0n) is 9.92. The van der Waals surface area contributed by atoms with E-state index in [-0.39, 0.29) is 0 Å². The van der Waals surface area contributed by atoms with Crippen LogP contribution in [0.2, 0.25) is 5.02 Å². The summed E-state index contributed by atoms with van der Waals surface area (Å²) < 4.78 is 0. The van der Waals surface area contributed by atoms with Gasteiger partial charge in [0.1, 0.15) is 0 Å². The van der Waals surface area contributed by atoms with E-state index in [1.54, 1.807) is 24.3 Å². The molecule has 0 saturated carbocycles. The molecule has 0 aliphatic carbocycles. The van der Waals surface area contributed by atoms with E-state index >= 15 is 0 Å². The Bertz CT molecular complexity index is 568. The summed E-state index contributed by atoms with van der Waals surface area (Å²) in [5.74, 6) is 0. The third-order valence-electron chi connectivity index (χ3n) is 2.23. The first-order chi connectivity index (χ1) is 9.24. The number of hydrogen-bond donors (Lipinski definition) is 1. The molecule has 0 aliphatic rings. The molecule has 0 bridgehead atoms. The minimum atomic E-state index is -0.658. The summed E-state index contributed by atoms with van der Waals surface area (Å²) in [6, 6.07) is 16.0. The standard InChI is InChI=1S/C14H11ClN2O2/c15-12-6-8-13(9-7-12)17-14(18)19-16-10-11-4-2-1-3-5-11/h1-10H,(H,17,18)/b16-10+. The highest BCUT2D eigenvalue weighted by atomic mass is 35.5. The maximum atomic E-state index is 11.4. The summed E-state index contributed by atoms with van der Waals surface area (Å²) >= 11 is 5.73. The molecule has 1 amide bonds. The minimum absolute atomic E-state index is 0.587. The molecular weight excluding hydrogens is 264 g/mol. The lowest BCUT2D eigenvalue weighted by Crippen LogP contribution is -2.10. The van der Waals surface area contributed by atoms with Crippen LogP contribution >= 0.6 is 11.6 Å². The maximum Gasteiger partial charge on any atom is 0.437 e. The number of rotatable bonds is 3. The normalized spacial score (nSPS) is 10.4. The van der Waals surface area contributed by atoms with E-state index in [0.29, 0.717) is 10.7 Å². The summed E-state index contributed by atoms with van der Waals surface area (Å²) in [5, 5.41) is 6.71. The lowest BCUT2D eigenvalue weighted by atomic mass is 10.2. The van der Waals surface area contributed by atoms with Gasteiger partial charge in [-0.05, 0) is 29.8 Å². The van der Waals surface area contributed by atoms with Gasteiger partial charge in [0, 0.05) is 10.7 Å². The zero-order valence-corrected chi connectivity index (χ0v) is 10.7. The van der Waals surface area contributed by atoms with E-state index in [2.05, 4.69) is 15.3 Å². The van der Waals surface area contributed by atoms with E-state index in [1.165, 1.54) is 6.21 Å². The van der Waals surface area contributed by atoms with Crippen LogP contribution < -0.4 is 5.32 Å². The minimum Gasteiger partial charge on any atom is -0.298 e. The van der Waals surface area contributed by atoms with Gasteiger partial charge in [-0.15, -0.1) is 0 Å². The van der Waals surface area contributed by atoms with E-state index in [9.17, 15) is 4.79 Å². The van der Waals surface area contributed by atoms with Gasteiger partial charge in [0.2, 0.25) is 0 Å². The first-order valence-corrected chi connectivity index (χ1v) is 5.94. The molecule has 0 heterocycles. The average Bonchev–Trinajstić information content (AvgIpc) is 2.43. The van der Waals surface area contributed by atoms with Crippen LogP contribution in [-0.2, 0) is 4.84 Å². The number of hydrogen-bond acceptors (Lipinski definition) is 3. The van der Waals surface area contributed by atoms with Gasteiger partial charge in [-0.3, -0.25) is 10.2 Å². The van der Waals surface area contributed by atoms with Gasteiger partial charge < -0.3 is 0 Å². The molecule has 0 radical (unpaired) electrons. The van der Waals surface area contributed by atoms with Crippen molar-refractivity contribution in [2.24, 2.45) is 5.16 Å². The Morgan fingerprint density at radius 2 is 1.79 bits per heavy atom. The molecule has 96 valence electrons. The van der Waals surface area contributed by atoms with Gasteiger partial charge in [0.05, 0.1) is 6.21 Å². The number of anilines is 1. The number of amides is 1. The Morgan fingerprint density at radius 1 is 1.11 bits per heavy atom. The predicted octanol–water partition coefficient (Wildman–Crippen LogP) is 3.92. The Morgan fingerprint density at radius 3 is 2.47 bits per heavy atom. The maximum absolute atomic E-state index is 11.4. The summed E-state index contributed by atoms with van der Waals surface area (Å²) in [4.78, 5) is 16.1. The van der Waals surface area contributed by atoms with Crippen molar-refractivity contribution in [3.05, 3.63) is 65.2 Å². The van der Waals surface area contributed by atoms with Crippen LogP contribution in [0.15, 0.2) is 59.8 Å². The molecular formula is C14H11ClN2O2.